The van der Waals surface area contributed by atoms with Crippen LogP contribution in [0.5, 0.6) is 0 Å². The number of para-hydroxylation sites is 2. The zero-order valence-corrected chi connectivity index (χ0v) is 31.8. The molecule has 8 heteroatoms. The van der Waals surface area contributed by atoms with Gasteiger partial charge in [0.15, 0.2) is 0 Å². The number of carbonyl (C=O) groups excluding carboxylic acids is 2. The summed E-state index contributed by atoms with van der Waals surface area (Å²) in [5, 5.41) is 6.58. The average molecular weight is 617 g/mol. The maximum atomic E-state index is 13.8. The first-order valence-electron chi connectivity index (χ1n) is 15.9. The number of hydrogen-bond acceptors (Lipinski definition) is 2. The van der Waals surface area contributed by atoms with Gasteiger partial charge in [0.1, 0.15) is 0 Å². The lowest BCUT2D eigenvalue weighted by molar-refractivity contribution is -0.121. The van der Waals surface area contributed by atoms with Crippen LogP contribution >= 0.6 is 0 Å². The molecule has 2 saturated carbocycles. The summed E-state index contributed by atoms with van der Waals surface area (Å²) in [7, 11) is -5.43. The summed E-state index contributed by atoms with van der Waals surface area (Å²) in [4.78, 5) is 27.6. The normalized spacial score (nSPS) is 28.6. The molecule has 2 aliphatic carbocycles. The van der Waals surface area contributed by atoms with Crippen LogP contribution in [0, 0.1) is 11.8 Å². The smallest absolute Gasteiger partial charge is 0.227 e. The molecule has 4 nitrogen and oxygen atoms in total. The highest BCUT2D eigenvalue weighted by Gasteiger charge is 2.44. The highest BCUT2D eigenvalue weighted by molar-refractivity contribution is 6.80. The van der Waals surface area contributed by atoms with Gasteiger partial charge >= 0.3 is 0 Å². The first kappa shape index (κ1) is 33.5. The van der Waals surface area contributed by atoms with Crippen LogP contribution in [0.4, 0.5) is 11.4 Å². The van der Waals surface area contributed by atoms with Gasteiger partial charge in [-0.2, -0.15) is 0 Å². The van der Waals surface area contributed by atoms with E-state index in [1.54, 1.807) is 0 Å². The Hall–Kier alpha value is -0.972. The largest absolute Gasteiger partial charge is 0.324 e. The lowest BCUT2D eigenvalue weighted by Gasteiger charge is -2.44. The van der Waals surface area contributed by atoms with E-state index in [9.17, 15) is 9.59 Å². The number of rotatable bonds is 8. The Kier molecular flexibility index (Phi) is 10.3. The molecule has 40 heavy (non-hydrogen) atoms. The van der Waals surface area contributed by atoms with Crippen molar-refractivity contribution in [3.63, 3.8) is 0 Å². The van der Waals surface area contributed by atoms with Gasteiger partial charge in [0, 0.05) is 44.1 Å². The van der Waals surface area contributed by atoms with Crippen molar-refractivity contribution in [1.82, 2.24) is 0 Å². The van der Waals surface area contributed by atoms with Crippen molar-refractivity contribution in [3.05, 3.63) is 24.3 Å². The monoisotopic (exact) mass is 616 g/mol. The van der Waals surface area contributed by atoms with Gasteiger partial charge in [-0.25, -0.2) is 0 Å². The van der Waals surface area contributed by atoms with Gasteiger partial charge in [0.05, 0.1) is 11.4 Å². The molecule has 1 aromatic rings. The topological polar surface area (TPSA) is 58.2 Å². The van der Waals surface area contributed by atoms with Crippen LogP contribution in [0.25, 0.3) is 0 Å². The molecule has 1 aromatic carbocycles. The van der Waals surface area contributed by atoms with E-state index >= 15 is 0 Å². The Labute approximate surface area is 250 Å². The van der Waals surface area contributed by atoms with Gasteiger partial charge in [0.2, 0.25) is 11.8 Å². The maximum absolute atomic E-state index is 13.8. The molecular formula is C32H60N2O2Si4. The zero-order valence-electron chi connectivity index (χ0n) is 27.8. The second-order valence-electron chi connectivity index (χ2n) is 17.6. The molecule has 0 aromatic heterocycles. The number of anilines is 2. The van der Waals surface area contributed by atoms with Crippen LogP contribution in [0.1, 0.15) is 38.5 Å². The third-order valence-electron chi connectivity index (χ3n) is 10.5. The van der Waals surface area contributed by atoms with E-state index in [4.69, 9.17) is 0 Å². The van der Waals surface area contributed by atoms with Crippen molar-refractivity contribution in [3.8, 4) is 0 Å². The summed E-state index contributed by atoms with van der Waals surface area (Å²) in [6.45, 7) is 29.6. The molecule has 2 aliphatic rings. The second-order valence-corrected chi connectivity index (χ2v) is 39.8. The van der Waals surface area contributed by atoms with Crippen LogP contribution in [-0.2, 0) is 9.59 Å². The minimum absolute atomic E-state index is 0.0549. The summed E-state index contributed by atoms with van der Waals surface area (Å²) in [6.07, 6.45) is 6.65. The minimum atomic E-state index is -1.36. The van der Waals surface area contributed by atoms with Crippen LogP contribution < -0.4 is 10.6 Å². The van der Waals surface area contributed by atoms with E-state index in [2.05, 4.69) is 89.2 Å². The fourth-order valence-electron chi connectivity index (χ4n) is 7.07. The van der Waals surface area contributed by atoms with Crippen molar-refractivity contribution in [2.75, 3.05) is 10.6 Å². The third-order valence-corrected chi connectivity index (χ3v) is 22.2. The van der Waals surface area contributed by atoms with Gasteiger partial charge < -0.3 is 10.6 Å². The molecule has 0 saturated heterocycles. The number of nitrogens with one attached hydrogen (secondary N) is 2. The van der Waals surface area contributed by atoms with E-state index in [-0.39, 0.29) is 23.7 Å². The molecule has 0 bridgehead atoms. The lowest BCUT2D eigenvalue weighted by atomic mass is 9.87. The molecule has 2 N–H and O–H groups in total. The molecule has 3 rings (SSSR count). The van der Waals surface area contributed by atoms with Crippen LogP contribution in [0.2, 0.25) is 101 Å². The fraction of sp³-hybridized carbons (Fsp3) is 0.750. The summed E-state index contributed by atoms with van der Waals surface area (Å²) >= 11 is 0. The van der Waals surface area contributed by atoms with Gasteiger partial charge in [0.25, 0.3) is 0 Å². The Morgan fingerprint density at radius 1 is 0.500 bits per heavy atom. The molecule has 0 aliphatic heterocycles. The summed E-state index contributed by atoms with van der Waals surface area (Å²) in [6, 6.07) is 7.84. The first-order valence-corrected chi connectivity index (χ1v) is 30.2. The number of amides is 2. The summed E-state index contributed by atoms with van der Waals surface area (Å²) < 4.78 is 0. The number of hydrogen-bond donors (Lipinski definition) is 2. The fourth-order valence-corrected chi connectivity index (χ4v) is 15.5. The van der Waals surface area contributed by atoms with Crippen LogP contribution in [0.3, 0.4) is 0 Å². The molecule has 2 amide bonds. The van der Waals surface area contributed by atoms with E-state index in [1.165, 1.54) is 12.8 Å². The molecule has 226 valence electrons. The van der Waals surface area contributed by atoms with Gasteiger partial charge in [-0.1, -0.05) is 104 Å². The van der Waals surface area contributed by atoms with Gasteiger partial charge in [-0.3, -0.25) is 9.59 Å². The number of carbonyl (C=O) groups is 2. The molecule has 4 atom stereocenters. The predicted molar refractivity (Wildman–Crippen MR) is 187 cm³/mol. The average Bonchev–Trinajstić information content (AvgIpc) is 2.82. The summed E-state index contributed by atoms with van der Waals surface area (Å²) in [5.74, 6) is 0.393. The zero-order chi connectivity index (χ0) is 30.3. The number of benzene rings is 1. The van der Waals surface area contributed by atoms with E-state index in [0.717, 1.165) is 37.1 Å². The Morgan fingerprint density at radius 3 is 0.975 bits per heavy atom. The predicted octanol–water partition coefficient (Wildman–Crippen LogP) is 10.00. The highest BCUT2D eigenvalue weighted by atomic mass is 28.3. The SMILES string of the molecule is C[Si](C)(C)C1CC(C(=O)Nc2ccccc2NC(=O)C2CC([Si](C)(C)C)CC([Si](C)(C)C)C2)CC([Si](C)(C)C)C1. The molecule has 2 fully saturated rings. The van der Waals surface area contributed by atoms with Crippen molar-refractivity contribution in [1.29, 1.82) is 0 Å². The first-order chi connectivity index (χ1) is 18.2. The van der Waals surface area contributed by atoms with E-state index in [1.807, 2.05) is 24.3 Å². The quantitative estimate of drug-likeness (QED) is 0.286. The van der Waals surface area contributed by atoms with E-state index in [0.29, 0.717) is 22.2 Å². The highest BCUT2D eigenvalue weighted by Crippen LogP contribution is 2.50. The Morgan fingerprint density at radius 2 is 0.750 bits per heavy atom. The second kappa shape index (κ2) is 12.3. The van der Waals surface area contributed by atoms with Crippen LogP contribution in [0.15, 0.2) is 24.3 Å². The third kappa shape index (κ3) is 8.77. The molecule has 0 heterocycles. The Bertz CT molecular complexity index is 922. The van der Waals surface area contributed by atoms with Gasteiger partial charge in [-0.05, 0) is 60.0 Å². The standard InChI is InChI=1S/C32H60N2O2Si4/c1-37(2,3)25-17-23(18-26(21-25)38(4,5)6)31(35)33-29-15-13-14-16-30(29)34-32(36)24-19-27(39(7,8)9)22-28(20-24)40(10,11)12/h13-16,23-28H,17-22H2,1-12H3,(H,33,35)(H,34,36). The molecular weight excluding hydrogens is 557 g/mol. The van der Waals surface area contributed by atoms with Crippen LogP contribution in [-0.4, -0.2) is 44.1 Å². The van der Waals surface area contributed by atoms with E-state index < -0.39 is 32.3 Å². The van der Waals surface area contributed by atoms with Crippen molar-refractivity contribution in [2.24, 2.45) is 11.8 Å². The molecule has 0 spiro atoms. The Balaban J connectivity index is 1.77. The van der Waals surface area contributed by atoms with Crippen molar-refractivity contribution in [2.45, 2.75) is 139 Å². The molecule has 4 unspecified atom stereocenters. The summed E-state index contributed by atoms with van der Waals surface area (Å²) in [5.41, 5.74) is 4.25. The molecule has 0 radical (unpaired) electrons. The van der Waals surface area contributed by atoms with Gasteiger partial charge in [-0.15, -0.1) is 0 Å². The maximum Gasteiger partial charge on any atom is 0.227 e. The minimum Gasteiger partial charge on any atom is -0.324 e. The van der Waals surface area contributed by atoms with Crippen molar-refractivity contribution < 1.29 is 9.59 Å². The van der Waals surface area contributed by atoms with Crippen molar-refractivity contribution >= 4 is 55.5 Å². The lowest BCUT2D eigenvalue weighted by Crippen LogP contribution is -2.43.